The van der Waals surface area contributed by atoms with Gasteiger partial charge in [0.1, 0.15) is 5.69 Å². The first kappa shape index (κ1) is 16.8. The van der Waals surface area contributed by atoms with Crippen molar-refractivity contribution in [2.45, 2.75) is 6.42 Å². The summed E-state index contributed by atoms with van der Waals surface area (Å²) in [6, 6.07) is 13.1. The number of nitro groups is 1. The van der Waals surface area contributed by atoms with Crippen molar-refractivity contribution in [3.63, 3.8) is 0 Å². The topological polar surface area (TPSA) is 84.3 Å². The fourth-order valence-electron chi connectivity index (χ4n) is 2.00. The summed E-state index contributed by atoms with van der Waals surface area (Å²) in [5.74, 6) is -0.174. The summed E-state index contributed by atoms with van der Waals surface area (Å²) < 4.78 is 0. The largest absolute Gasteiger partial charge is 0.379 e. The molecule has 0 fully saturated rings. The van der Waals surface area contributed by atoms with Gasteiger partial charge in [-0.3, -0.25) is 14.9 Å². The number of nitrogens with zero attached hydrogens (tertiary/aromatic N) is 1. The van der Waals surface area contributed by atoms with E-state index in [9.17, 15) is 14.9 Å². The summed E-state index contributed by atoms with van der Waals surface area (Å²) in [7, 11) is 0. The molecule has 0 spiro atoms. The molecule has 2 N–H and O–H groups in total. The number of nitro benzene ring substituents is 1. The molecule has 0 saturated carbocycles. The van der Waals surface area contributed by atoms with Crippen molar-refractivity contribution in [2.75, 3.05) is 18.4 Å². The SMILES string of the molecule is O=C(NCCCNc1ccccc1[N+](=O)[O-])c1ccc(Cl)cc1. The van der Waals surface area contributed by atoms with Crippen LogP contribution in [-0.4, -0.2) is 23.9 Å². The average molecular weight is 334 g/mol. The Morgan fingerprint density at radius 3 is 2.48 bits per heavy atom. The molecule has 0 unspecified atom stereocenters. The second-order valence-electron chi connectivity index (χ2n) is 4.82. The number of rotatable bonds is 7. The molecule has 0 heterocycles. The lowest BCUT2D eigenvalue weighted by Crippen LogP contribution is -2.25. The molecule has 0 aliphatic heterocycles. The monoisotopic (exact) mass is 333 g/mol. The van der Waals surface area contributed by atoms with Gasteiger partial charge in [-0.2, -0.15) is 0 Å². The predicted molar refractivity (Wildman–Crippen MR) is 90.0 cm³/mol. The lowest BCUT2D eigenvalue weighted by atomic mass is 10.2. The molecule has 7 heteroatoms. The fraction of sp³-hybridized carbons (Fsp3) is 0.188. The minimum absolute atomic E-state index is 0.0395. The molecule has 2 aromatic rings. The Labute approximate surface area is 138 Å². The van der Waals surface area contributed by atoms with Crippen molar-refractivity contribution in [1.82, 2.24) is 5.32 Å². The highest BCUT2D eigenvalue weighted by Crippen LogP contribution is 2.22. The maximum atomic E-state index is 11.9. The van der Waals surface area contributed by atoms with Gasteiger partial charge in [0.2, 0.25) is 0 Å². The molecule has 6 nitrogen and oxygen atoms in total. The zero-order valence-electron chi connectivity index (χ0n) is 12.3. The first-order valence-electron chi connectivity index (χ1n) is 7.09. The summed E-state index contributed by atoms with van der Waals surface area (Å²) in [5, 5.41) is 17.3. The highest BCUT2D eigenvalue weighted by atomic mass is 35.5. The van der Waals surface area contributed by atoms with E-state index in [1.807, 2.05) is 0 Å². The Morgan fingerprint density at radius 2 is 1.78 bits per heavy atom. The third kappa shape index (κ3) is 4.96. The molecule has 0 aliphatic rings. The van der Waals surface area contributed by atoms with Gasteiger partial charge in [-0.1, -0.05) is 23.7 Å². The molecule has 0 bridgehead atoms. The van der Waals surface area contributed by atoms with E-state index >= 15 is 0 Å². The van der Waals surface area contributed by atoms with Crippen molar-refractivity contribution < 1.29 is 9.72 Å². The van der Waals surface area contributed by atoms with Crippen LogP contribution in [0.1, 0.15) is 16.8 Å². The van der Waals surface area contributed by atoms with Crippen LogP contribution < -0.4 is 10.6 Å². The van der Waals surface area contributed by atoms with E-state index < -0.39 is 4.92 Å². The van der Waals surface area contributed by atoms with E-state index in [1.165, 1.54) is 6.07 Å². The maximum Gasteiger partial charge on any atom is 0.292 e. The third-order valence-electron chi connectivity index (χ3n) is 3.16. The zero-order valence-corrected chi connectivity index (χ0v) is 13.0. The summed E-state index contributed by atoms with van der Waals surface area (Å²) in [5.41, 5.74) is 1.06. The lowest BCUT2D eigenvalue weighted by molar-refractivity contribution is -0.384. The highest BCUT2D eigenvalue weighted by molar-refractivity contribution is 6.30. The number of hydrogen-bond donors (Lipinski definition) is 2. The van der Waals surface area contributed by atoms with Crippen molar-refractivity contribution in [2.24, 2.45) is 0 Å². The smallest absolute Gasteiger partial charge is 0.292 e. The van der Waals surface area contributed by atoms with Gasteiger partial charge in [0.25, 0.3) is 11.6 Å². The van der Waals surface area contributed by atoms with Gasteiger partial charge in [0.15, 0.2) is 0 Å². The number of amides is 1. The van der Waals surface area contributed by atoms with Crippen LogP contribution in [0.25, 0.3) is 0 Å². The number of hydrogen-bond acceptors (Lipinski definition) is 4. The van der Waals surface area contributed by atoms with Crippen molar-refractivity contribution >= 4 is 28.9 Å². The van der Waals surface area contributed by atoms with Gasteiger partial charge in [-0.05, 0) is 36.8 Å². The van der Waals surface area contributed by atoms with E-state index in [0.29, 0.717) is 35.8 Å². The average Bonchev–Trinajstić information content (AvgIpc) is 2.55. The Kier molecular flexibility index (Phi) is 5.94. The number of carbonyl (C=O) groups is 1. The molecular formula is C16H16ClN3O3. The van der Waals surface area contributed by atoms with Gasteiger partial charge < -0.3 is 10.6 Å². The number of benzene rings is 2. The van der Waals surface area contributed by atoms with Crippen LogP contribution >= 0.6 is 11.6 Å². The van der Waals surface area contributed by atoms with Crippen LogP contribution in [0.15, 0.2) is 48.5 Å². The molecule has 0 aliphatic carbocycles. The predicted octanol–water partition coefficient (Wildman–Crippen LogP) is 3.48. The second kappa shape index (κ2) is 8.14. The third-order valence-corrected chi connectivity index (χ3v) is 3.41. The molecule has 0 saturated heterocycles. The van der Waals surface area contributed by atoms with E-state index in [1.54, 1.807) is 42.5 Å². The second-order valence-corrected chi connectivity index (χ2v) is 5.25. The normalized spacial score (nSPS) is 10.1. The van der Waals surface area contributed by atoms with Crippen LogP contribution in [0, 0.1) is 10.1 Å². The highest BCUT2D eigenvalue weighted by Gasteiger charge is 2.11. The number of para-hydroxylation sites is 2. The van der Waals surface area contributed by atoms with Crippen LogP contribution in [0.4, 0.5) is 11.4 Å². The van der Waals surface area contributed by atoms with Crippen molar-refractivity contribution in [3.8, 4) is 0 Å². The van der Waals surface area contributed by atoms with Gasteiger partial charge in [-0.25, -0.2) is 0 Å². The van der Waals surface area contributed by atoms with Gasteiger partial charge in [-0.15, -0.1) is 0 Å². The van der Waals surface area contributed by atoms with Gasteiger partial charge >= 0.3 is 0 Å². The Bertz CT molecular complexity index is 689. The minimum atomic E-state index is -0.426. The van der Waals surface area contributed by atoms with Gasteiger partial charge in [0, 0.05) is 29.7 Å². The van der Waals surface area contributed by atoms with E-state index in [2.05, 4.69) is 10.6 Å². The number of nitrogens with one attached hydrogen (secondary N) is 2. The number of anilines is 1. The van der Waals surface area contributed by atoms with E-state index in [4.69, 9.17) is 11.6 Å². The lowest BCUT2D eigenvalue weighted by Gasteiger charge is -2.08. The molecule has 0 atom stereocenters. The fourth-order valence-corrected chi connectivity index (χ4v) is 2.13. The zero-order chi connectivity index (χ0) is 16.7. The standard InChI is InChI=1S/C16H16ClN3O3/c17-13-8-6-12(7-9-13)16(21)19-11-3-10-18-14-4-1-2-5-15(14)20(22)23/h1-2,4-9,18H,3,10-11H2,(H,19,21). The molecular weight excluding hydrogens is 318 g/mol. The Balaban J connectivity index is 1.75. The summed E-state index contributed by atoms with van der Waals surface area (Å²) in [4.78, 5) is 22.3. The van der Waals surface area contributed by atoms with Crippen molar-refractivity contribution in [1.29, 1.82) is 0 Å². The van der Waals surface area contributed by atoms with Crippen LogP contribution in [0.3, 0.4) is 0 Å². The number of carbonyl (C=O) groups excluding carboxylic acids is 1. The summed E-state index contributed by atoms with van der Waals surface area (Å²) in [6.07, 6.45) is 0.644. The summed E-state index contributed by atoms with van der Waals surface area (Å²) in [6.45, 7) is 0.987. The summed E-state index contributed by atoms with van der Waals surface area (Å²) >= 11 is 5.77. The van der Waals surface area contributed by atoms with E-state index in [-0.39, 0.29) is 11.6 Å². The van der Waals surface area contributed by atoms with Gasteiger partial charge in [0.05, 0.1) is 4.92 Å². The van der Waals surface area contributed by atoms with Crippen molar-refractivity contribution in [3.05, 3.63) is 69.2 Å². The molecule has 23 heavy (non-hydrogen) atoms. The van der Waals surface area contributed by atoms with Crippen LogP contribution in [-0.2, 0) is 0 Å². The first-order valence-corrected chi connectivity index (χ1v) is 7.47. The Hall–Kier alpha value is -2.60. The minimum Gasteiger partial charge on any atom is -0.379 e. The maximum absolute atomic E-state index is 11.9. The van der Waals surface area contributed by atoms with Crippen LogP contribution in [0.2, 0.25) is 5.02 Å². The molecule has 2 aromatic carbocycles. The number of halogens is 1. The molecule has 1 amide bonds. The molecule has 120 valence electrons. The van der Waals surface area contributed by atoms with E-state index in [0.717, 1.165) is 0 Å². The quantitative estimate of drug-likeness (QED) is 0.461. The van der Waals surface area contributed by atoms with Crippen LogP contribution in [0.5, 0.6) is 0 Å². The molecule has 0 radical (unpaired) electrons. The Morgan fingerprint density at radius 1 is 1.09 bits per heavy atom. The first-order chi connectivity index (χ1) is 11.1. The molecule has 0 aromatic heterocycles. The molecule has 2 rings (SSSR count).